The molecule has 3 rings (SSSR count). The molecule has 0 aliphatic rings. The highest BCUT2D eigenvalue weighted by Crippen LogP contribution is 2.33. The number of carbonyl (C=O) groups excluding carboxylic acids is 1. The van der Waals surface area contributed by atoms with Crippen molar-refractivity contribution < 1.29 is 4.79 Å². The van der Waals surface area contributed by atoms with Crippen LogP contribution in [-0.2, 0) is 0 Å². The standard InChI is InChI=1S/C17H13Cl2N3OS/c1-9-3-4-11(7-10(9)2)15(23)20-17-22-21-16(24-17)13-6-5-12(18)8-14(13)19/h3-8H,1-2H3,(H,20,22,23). The Kier molecular flexibility index (Phi) is 4.85. The topological polar surface area (TPSA) is 54.9 Å². The lowest BCUT2D eigenvalue weighted by molar-refractivity contribution is 0.102. The van der Waals surface area contributed by atoms with E-state index in [4.69, 9.17) is 23.2 Å². The second kappa shape index (κ2) is 6.89. The number of benzene rings is 2. The van der Waals surface area contributed by atoms with E-state index in [2.05, 4.69) is 15.5 Å². The Bertz CT molecular complexity index is 924. The predicted octanol–water partition coefficient (Wildman–Crippen LogP) is 5.38. The van der Waals surface area contributed by atoms with Crippen LogP contribution in [-0.4, -0.2) is 16.1 Å². The molecule has 0 aliphatic heterocycles. The van der Waals surface area contributed by atoms with Crippen molar-refractivity contribution in [3.05, 3.63) is 63.1 Å². The molecule has 2 aromatic carbocycles. The minimum Gasteiger partial charge on any atom is -0.296 e. The van der Waals surface area contributed by atoms with Gasteiger partial charge in [-0.3, -0.25) is 10.1 Å². The summed E-state index contributed by atoms with van der Waals surface area (Å²) in [6.07, 6.45) is 0. The molecule has 122 valence electrons. The summed E-state index contributed by atoms with van der Waals surface area (Å²) in [5, 5.41) is 12.9. The number of anilines is 1. The van der Waals surface area contributed by atoms with Crippen LogP contribution in [0.3, 0.4) is 0 Å². The van der Waals surface area contributed by atoms with E-state index in [9.17, 15) is 4.79 Å². The highest BCUT2D eigenvalue weighted by atomic mass is 35.5. The molecule has 0 spiro atoms. The number of amides is 1. The van der Waals surface area contributed by atoms with Crippen molar-refractivity contribution >= 4 is 45.6 Å². The molecule has 0 atom stereocenters. The average Bonchev–Trinajstić information content (AvgIpc) is 2.98. The zero-order chi connectivity index (χ0) is 17.3. The third-order valence-corrected chi connectivity index (χ3v) is 5.00. The van der Waals surface area contributed by atoms with Gasteiger partial charge in [-0.05, 0) is 55.3 Å². The minimum atomic E-state index is -0.219. The number of nitrogens with zero attached hydrogens (tertiary/aromatic N) is 2. The summed E-state index contributed by atoms with van der Waals surface area (Å²) >= 11 is 13.3. The second-order valence-electron chi connectivity index (χ2n) is 5.29. The molecule has 3 aromatic rings. The third-order valence-electron chi connectivity index (χ3n) is 3.58. The molecule has 7 heteroatoms. The van der Waals surface area contributed by atoms with E-state index in [1.807, 2.05) is 26.0 Å². The van der Waals surface area contributed by atoms with Crippen LogP contribution in [0, 0.1) is 13.8 Å². The van der Waals surface area contributed by atoms with Crippen LogP contribution in [0.2, 0.25) is 10.0 Å². The second-order valence-corrected chi connectivity index (χ2v) is 7.11. The van der Waals surface area contributed by atoms with Gasteiger partial charge in [0.25, 0.3) is 5.91 Å². The van der Waals surface area contributed by atoms with E-state index in [1.54, 1.807) is 24.3 Å². The van der Waals surface area contributed by atoms with Crippen LogP contribution in [0.4, 0.5) is 5.13 Å². The van der Waals surface area contributed by atoms with Crippen LogP contribution in [0.15, 0.2) is 36.4 Å². The molecule has 24 heavy (non-hydrogen) atoms. The van der Waals surface area contributed by atoms with Crippen molar-refractivity contribution in [2.75, 3.05) is 5.32 Å². The summed E-state index contributed by atoms with van der Waals surface area (Å²) in [6.45, 7) is 3.97. The van der Waals surface area contributed by atoms with Gasteiger partial charge >= 0.3 is 0 Å². The Balaban J connectivity index is 1.80. The lowest BCUT2D eigenvalue weighted by atomic mass is 10.1. The number of aromatic nitrogens is 2. The van der Waals surface area contributed by atoms with Gasteiger partial charge in [0.05, 0.1) is 5.02 Å². The van der Waals surface area contributed by atoms with Gasteiger partial charge in [-0.25, -0.2) is 0 Å². The lowest BCUT2D eigenvalue weighted by Crippen LogP contribution is -2.12. The van der Waals surface area contributed by atoms with Crippen molar-refractivity contribution in [1.29, 1.82) is 0 Å². The van der Waals surface area contributed by atoms with E-state index in [-0.39, 0.29) is 5.91 Å². The zero-order valence-corrected chi connectivity index (χ0v) is 15.3. The van der Waals surface area contributed by atoms with E-state index >= 15 is 0 Å². The summed E-state index contributed by atoms with van der Waals surface area (Å²) in [7, 11) is 0. The largest absolute Gasteiger partial charge is 0.296 e. The van der Waals surface area contributed by atoms with Gasteiger partial charge < -0.3 is 0 Å². The quantitative estimate of drug-likeness (QED) is 0.666. The zero-order valence-electron chi connectivity index (χ0n) is 12.9. The molecule has 1 amide bonds. The highest BCUT2D eigenvalue weighted by molar-refractivity contribution is 7.18. The maximum Gasteiger partial charge on any atom is 0.257 e. The maximum absolute atomic E-state index is 12.3. The first-order chi connectivity index (χ1) is 11.4. The van der Waals surface area contributed by atoms with E-state index in [0.717, 1.165) is 16.7 Å². The fourth-order valence-corrected chi connectivity index (χ4v) is 3.43. The van der Waals surface area contributed by atoms with Crippen molar-refractivity contribution in [3.63, 3.8) is 0 Å². The summed E-state index contributed by atoms with van der Waals surface area (Å²) in [4.78, 5) is 12.3. The number of aryl methyl sites for hydroxylation is 2. The number of carbonyl (C=O) groups is 1. The van der Waals surface area contributed by atoms with Gasteiger partial charge in [0, 0.05) is 16.1 Å². The molecule has 0 bridgehead atoms. The highest BCUT2D eigenvalue weighted by Gasteiger charge is 2.13. The van der Waals surface area contributed by atoms with Crippen molar-refractivity contribution in [2.24, 2.45) is 0 Å². The van der Waals surface area contributed by atoms with Crippen molar-refractivity contribution in [3.8, 4) is 10.6 Å². The van der Waals surface area contributed by atoms with Gasteiger partial charge in [-0.2, -0.15) is 0 Å². The first kappa shape index (κ1) is 16.9. The van der Waals surface area contributed by atoms with Gasteiger partial charge in [0.1, 0.15) is 0 Å². The molecule has 0 aliphatic carbocycles. The number of halogens is 2. The van der Waals surface area contributed by atoms with Crippen LogP contribution >= 0.6 is 34.5 Å². The normalized spacial score (nSPS) is 10.7. The fourth-order valence-electron chi connectivity index (χ4n) is 2.10. The number of nitrogens with one attached hydrogen (secondary N) is 1. The first-order valence-electron chi connectivity index (χ1n) is 7.11. The molecule has 0 saturated carbocycles. The Morgan fingerprint density at radius 3 is 2.54 bits per heavy atom. The van der Waals surface area contributed by atoms with Gasteiger partial charge in [0.15, 0.2) is 5.01 Å². The van der Waals surface area contributed by atoms with Gasteiger partial charge in [0.2, 0.25) is 5.13 Å². The van der Waals surface area contributed by atoms with Crippen LogP contribution < -0.4 is 5.32 Å². The molecule has 1 heterocycles. The third kappa shape index (κ3) is 3.59. The minimum absolute atomic E-state index is 0.219. The Morgan fingerprint density at radius 2 is 1.83 bits per heavy atom. The molecule has 0 unspecified atom stereocenters. The smallest absolute Gasteiger partial charge is 0.257 e. The summed E-state index contributed by atoms with van der Waals surface area (Å²) in [6, 6.07) is 10.7. The number of hydrogen-bond donors (Lipinski definition) is 1. The monoisotopic (exact) mass is 377 g/mol. The van der Waals surface area contributed by atoms with Crippen molar-refractivity contribution in [2.45, 2.75) is 13.8 Å². The fraction of sp³-hybridized carbons (Fsp3) is 0.118. The Hall–Kier alpha value is -1.95. The van der Waals surface area contributed by atoms with E-state index < -0.39 is 0 Å². The Labute approximate surface area is 153 Å². The summed E-state index contributed by atoms with van der Waals surface area (Å²) in [5.41, 5.74) is 3.51. The van der Waals surface area contributed by atoms with Crippen molar-refractivity contribution in [1.82, 2.24) is 10.2 Å². The number of hydrogen-bond acceptors (Lipinski definition) is 4. The molecular formula is C17H13Cl2N3OS. The molecule has 1 aromatic heterocycles. The summed E-state index contributed by atoms with van der Waals surface area (Å²) in [5.74, 6) is -0.219. The first-order valence-corrected chi connectivity index (χ1v) is 8.69. The average molecular weight is 378 g/mol. The molecule has 4 nitrogen and oxygen atoms in total. The molecular weight excluding hydrogens is 365 g/mol. The SMILES string of the molecule is Cc1ccc(C(=O)Nc2nnc(-c3ccc(Cl)cc3Cl)s2)cc1C. The lowest BCUT2D eigenvalue weighted by Gasteiger charge is -2.04. The van der Waals surface area contributed by atoms with Crippen LogP contribution in [0.25, 0.3) is 10.6 Å². The molecule has 0 radical (unpaired) electrons. The van der Waals surface area contributed by atoms with E-state index in [0.29, 0.717) is 25.7 Å². The van der Waals surface area contributed by atoms with Crippen LogP contribution in [0.5, 0.6) is 0 Å². The summed E-state index contributed by atoms with van der Waals surface area (Å²) < 4.78 is 0. The Morgan fingerprint density at radius 1 is 1.04 bits per heavy atom. The number of rotatable bonds is 3. The molecule has 0 saturated heterocycles. The maximum atomic E-state index is 12.3. The van der Waals surface area contributed by atoms with Gasteiger partial charge in [-0.15, -0.1) is 10.2 Å². The van der Waals surface area contributed by atoms with Crippen LogP contribution in [0.1, 0.15) is 21.5 Å². The van der Waals surface area contributed by atoms with E-state index in [1.165, 1.54) is 11.3 Å². The predicted molar refractivity (Wildman–Crippen MR) is 99.2 cm³/mol. The van der Waals surface area contributed by atoms with Gasteiger partial charge in [-0.1, -0.05) is 40.6 Å². The molecule has 0 fully saturated rings. The molecule has 1 N–H and O–H groups in total.